The average molecular weight is 414 g/mol. The zero-order chi connectivity index (χ0) is 21.2. The van der Waals surface area contributed by atoms with Crippen LogP contribution in [-0.4, -0.2) is 36.4 Å². The SMILES string of the molecule is O=c1[nH]c(-c2cncnc2)nc2c1CN(Cc1ccc(-c3ccc(F)cc3)nc1)CC2. The number of fused-ring (bicyclic) bond motifs is 1. The molecule has 8 heteroatoms. The predicted molar refractivity (Wildman–Crippen MR) is 113 cm³/mol. The number of nitrogens with zero attached hydrogens (tertiary/aromatic N) is 5. The Labute approximate surface area is 177 Å². The van der Waals surface area contributed by atoms with Crippen LogP contribution < -0.4 is 5.56 Å². The van der Waals surface area contributed by atoms with Crippen molar-refractivity contribution in [1.29, 1.82) is 0 Å². The molecule has 1 aliphatic heterocycles. The number of H-pyrrole nitrogens is 1. The lowest BCUT2D eigenvalue weighted by Gasteiger charge is -2.27. The molecule has 1 aromatic carbocycles. The number of halogens is 1. The van der Waals surface area contributed by atoms with E-state index < -0.39 is 0 Å². The summed E-state index contributed by atoms with van der Waals surface area (Å²) in [6, 6.07) is 10.2. The van der Waals surface area contributed by atoms with Crippen LogP contribution in [0.2, 0.25) is 0 Å². The van der Waals surface area contributed by atoms with E-state index in [1.165, 1.54) is 18.5 Å². The Balaban J connectivity index is 1.31. The molecule has 4 heterocycles. The maximum atomic E-state index is 13.1. The summed E-state index contributed by atoms with van der Waals surface area (Å²) in [6.07, 6.45) is 7.24. The smallest absolute Gasteiger partial charge is 0.255 e. The van der Waals surface area contributed by atoms with Gasteiger partial charge in [0, 0.05) is 50.2 Å². The molecule has 0 atom stereocenters. The van der Waals surface area contributed by atoms with Crippen molar-refractivity contribution in [2.45, 2.75) is 19.5 Å². The van der Waals surface area contributed by atoms with Gasteiger partial charge in [-0.3, -0.25) is 14.7 Å². The Morgan fingerprint density at radius 2 is 1.81 bits per heavy atom. The lowest BCUT2D eigenvalue weighted by Crippen LogP contribution is -2.35. The van der Waals surface area contributed by atoms with Crippen LogP contribution in [0.4, 0.5) is 4.39 Å². The molecule has 4 aromatic rings. The average Bonchev–Trinajstić information content (AvgIpc) is 2.81. The minimum Gasteiger partial charge on any atom is -0.306 e. The Kier molecular flexibility index (Phi) is 5.05. The summed E-state index contributed by atoms with van der Waals surface area (Å²) in [4.78, 5) is 34.9. The third-order valence-corrected chi connectivity index (χ3v) is 5.35. The van der Waals surface area contributed by atoms with Crippen LogP contribution >= 0.6 is 0 Å². The Hall–Kier alpha value is -3.78. The summed E-state index contributed by atoms with van der Waals surface area (Å²) in [5.74, 6) is 0.234. The van der Waals surface area contributed by atoms with E-state index in [9.17, 15) is 9.18 Å². The van der Waals surface area contributed by atoms with Crippen LogP contribution in [0.3, 0.4) is 0 Å². The zero-order valence-corrected chi connectivity index (χ0v) is 16.6. The molecule has 7 nitrogen and oxygen atoms in total. The fourth-order valence-electron chi connectivity index (χ4n) is 3.74. The van der Waals surface area contributed by atoms with Crippen LogP contribution in [0.15, 0.2) is 66.1 Å². The van der Waals surface area contributed by atoms with Gasteiger partial charge in [0.25, 0.3) is 5.56 Å². The molecular weight excluding hydrogens is 395 g/mol. The highest BCUT2D eigenvalue weighted by Crippen LogP contribution is 2.21. The molecule has 0 saturated carbocycles. The number of hydrogen-bond acceptors (Lipinski definition) is 6. The highest BCUT2D eigenvalue weighted by atomic mass is 19.1. The molecule has 0 amide bonds. The van der Waals surface area contributed by atoms with Crippen molar-refractivity contribution in [3.63, 3.8) is 0 Å². The van der Waals surface area contributed by atoms with E-state index in [2.05, 4.69) is 29.8 Å². The maximum Gasteiger partial charge on any atom is 0.255 e. The van der Waals surface area contributed by atoms with Gasteiger partial charge in [-0.2, -0.15) is 0 Å². The van der Waals surface area contributed by atoms with Gasteiger partial charge in [0.1, 0.15) is 18.0 Å². The largest absolute Gasteiger partial charge is 0.306 e. The summed E-state index contributed by atoms with van der Waals surface area (Å²) in [5, 5.41) is 0. The fourth-order valence-corrected chi connectivity index (χ4v) is 3.74. The molecule has 0 saturated heterocycles. The van der Waals surface area contributed by atoms with Crippen molar-refractivity contribution < 1.29 is 4.39 Å². The van der Waals surface area contributed by atoms with Gasteiger partial charge < -0.3 is 4.98 Å². The zero-order valence-electron chi connectivity index (χ0n) is 16.6. The van der Waals surface area contributed by atoms with E-state index in [4.69, 9.17) is 0 Å². The molecule has 0 unspecified atom stereocenters. The maximum absolute atomic E-state index is 13.1. The molecule has 1 aliphatic rings. The van der Waals surface area contributed by atoms with E-state index in [-0.39, 0.29) is 11.4 Å². The Morgan fingerprint density at radius 3 is 2.55 bits per heavy atom. The van der Waals surface area contributed by atoms with Crippen LogP contribution in [-0.2, 0) is 19.5 Å². The van der Waals surface area contributed by atoms with Crippen molar-refractivity contribution in [1.82, 2.24) is 29.8 Å². The van der Waals surface area contributed by atoms with E-state index in [0.717, 1.165) is 29.1 Å². The number of nitrogens with one attached hydrogen (secondary N) is 1. The molecule has 154 valence electrons. The first-order chi connectivity index (χ1) is 15.2. The minimum absolute atomic E-state index is 0.127. The molecule has 1 N–H and O–H groups in total. The topological polar surface area (TPSA) is 87.7 Å². The second kappa shape index (κ2) is 8.16. The lowest BCUT2D eigenvalue weighted by molar-refractivity contribution is 0.241. The number of aromatic amines is 1. The molecule has 0 fully saturated rings. The van der Waals surface area contributed by atoms with Crippen LogP contribution in [0.5, 0.6) is 0 Å². The Bertz CT molecular complexity index is 1260. The van der Waals surface area contributed by atoms with Gasteiger partial charge >= 0.3 is 0 Å². The normalized spacial score (nSPS) is 13.7. The third kappa shape index (κ3) is 4.10. The summed E-state index contributed by atoms with van der Waals surface area (Å²) >= 11 is 0. The van der Waals surface area contributed by atoms with Crippen LogP contribution in [0.1, 0.15) is 16.8 Å². The molecule has 3 aromatic heterocycles. The molecular formula is C23H19FN6O. The van der Waals surface area contributed by atoms with Gasteiger partial charge in [-0.1, -0.05) is 6.07 Å². The van der Waals surface area contributed by atoms with Crippen LogP contribution in [0.25, 0.3) is 22.6 Å². The first-order valence-corrected chi connectivity index (χ1v) is 9.96. The molecule has 0 bridgehead atoms. The van der Waals surface area contributed by atoms with E-state index in [1.807, 2.05) is 18.3 Å². The number of benzene rings is 1. The molecule has 0 radical (unpaired) electrons. The van der Waals surface area contributed by atoms with Gasteiger partial charge in [-0.15, -0.1) is 0 Å². The van der Waals surface area contributed by atoms with Crippen molar-refractivity contribution in [2.75, 3.05) is 6.54 Å². The summed E-state index contributed by atoms with van der Waals surface area (Å²) in [7, 11) is 0. The van der Waals surface area contributed by atoms with Crippen molar-refractivity contribution in [3.8, 4) is 22.6 Å². The summed E-state index contributed by atoms with van der Waals surface area (Å²) < 4.78 is 13.1. The number of pyridine rings is 1. The second-order valence-electron chi connectivity index (χ2n) is 7.49. The summed E-state index contributed by atoms with van der Waals surface area (Å²) in [5.41, 5.74) is 4.81. The molecule has 0 aliphatic carbocycles. The molecule has 5 rings (SSSR count). The van der Waals surface area contributed by atoms with Gasteiger partial charge in [0.15, 0.2) is 0 Å². The van der Waals surface area contributed by atoms with E-state index in [0.29, 0.717) is 36.5 Å². The van der Waals surface area contributed by atoms with Gasteiger partial charge in [-0.25, -0.2) is 19.3 Å². The van der Waals surface area contributed by atoms with Crippen LogP contribution in [0, 0.1) is 5.82 Å². The number of rotatable bonds is 4. The number of aromatic nitrogens is 5. The standard InChI is InChI=1S/C23H19FN6O/c24-18-4-2-16(3-5-18)20-6-1-15(9-27-20)12-30-8-7-21-19(13-30)23(31)29-22(28-21)17-10-25-14-26-11-17/h1-6,9-11,14H,7-8,12-13H2,(H,28,29,31). The van der Waals surface area contributed by atoms with Crippen molar-refractivity contribution >= 4 is 0 Å². The van der Waals surface area contributed by atoms with E-state index in [1.54, 1.807) is 24.5 Å². The second-order valence-corrected chi connectivity index (χ2v) is 7.49. The number of hydrogen-bond donors (Lipinski definition) is 1. The van der Waals surface area contributed by atoms with Gasteiger partial charge in [-0.05, 0) is 35.9 Å². The quantitative estimate of drug-likeness (QED) is 0.552. The van der Waals surface area contributed by atoms with Gasteiger partial charge in [0.2, 0.25) is 0 Å². The molecule has 0 spiro atoms. The first kappa shape index (κ1) is 19.2. The summed E-state index contributed by atoms with van der Waals surface area (Å²) in [6.45, 7) is 2.01. The molecule has 31 heavy (non-hydrogen) atoms. The third-order valence-electron chi connectivity index (χ3n) is 5.35. The highest BCUT2D eigenvalue weighted by Gasteiger charge is 2.21. The first-order valence-electron chi connectivity index (χ1n) is 9.96. The predicted octanol–water partition coefficient (Wildman–Crippen LogP) is 2.99. The van der Waals surface area contributed by atoms with E-state index >= 15 is 0 Å². The van der Waals surface area contributed by atoms with Gasteiger partial charge in [0.05, 0.1) is 22.5 Å². The monoisotopic (exact) mass is 414 g/mol. The Morgan fingerprint density at radius 1 is 1.00 bits per heavy atom. The van der Waals surface area contributed by atoms with Crippen molar-refractivity contribution in [2.24, 2.45) is 0 Å². The fraction of sp³-hybridized carbons (Fsp3) is 0.174. The highest BCUT2D eigenvalue weighted by molar-refractivity contribution is 5.58. The van der Waals surface area contributed by atoms with Crippen molar-refractivity contribution in [3.05, 3.63) is 94.3 Å². The lowest BCUT2D eigenvalue weighted by atomic mass is 10.1. The minimum atomic E-state index is -0.264.